The SMILES string of the molecule is C/C(=C\C(=O)O)C(=O)O.c1ccc(CN(CCCN2CCCCC2)c2cc(-c3ccccc3)no2)cc1. The van der Waals surface area contributed by atoms with Crippen molar-refractivity contribution in [3.63, 3.8) is 0 Å². The van der Waals surface area contributed by atoms with Gasteiger partial charge in [-0.3, -0.25) is 0 Å². The number of piperidine rings is 1. The van der Waals surface area contributed by atoms with Crippen LogP contribution in [0.1, 0.15) is 38.2 Å². The van der Waals surface area contributed by atoms with Crippen LogP contribution in [0.3, 0.4) is 0 Å². The van der Waals surface area contributed by atoms with Gasteiger partial charge in [-0.25, -0.2) is 9.59 Å². The van der Waals surface area contributed by atoms with E-state index in [0.29, 0.717) is 6.08 Å². The minimum Gasteiger partial charge on any atom is -0.478 e. The third-order valence-corrected chi connectivity index (χ3v) is 6.12. The van der Waals surface area contributed by atoms with Crippen molar-refractivity contribution in [1.29, 1.82) is 0 Å². The fourth-order valence-electron chi connectivity index (χ4n) is 4.15. The standard InChI is InChI=1S/C24H29N3O.C5H6O4/c1-4-11-21(12-5-1)20-27(18-10-17-26-15-8-3-9-16-26)24-19-23(25-28-24)22-13-6-2-7-14-22;1-3(5(8)9)2-4(6)7/h1-2,4-7,11-14,19H,3,8-10,15-18,20H2;2H,1H3,(H,6,7)(H,8,9)/b;3-2+. The van der Waals surface area contributed by atoms with E-state index in [1.54, 1.807) is 0 Å². The summed E-state index contributed by atoms with van der Waals surface area (Å²) < 4.78 is 5.76. The molecular weight excluding hydrogens is 470 g/mol. The topological polar surface area (TPSA) is 107 Å². The van der Waals surface area contributed by atoms with Gasteiger partial charge in [0.1, 0.15) is 5.69 Å². The van der Waals surface area contributed by atoms with E-state index in [-0.39, 0.29) is 5.57 Å². The van der Waals surface area contributed by atoms with Gasteiger partial charge in [0.25, 0.3) is 0 Å². The summed E-state index contributed by atoms with van der Waals surface area (Å²) in [5.41, 5.74) is 3.09. The Labute approximate surface area is 217 Å². The molecule has 1 saturated heterocycles. The molecule has 2 aromatic carbocycles. The summed E-state index contributed by atoms with van der Waals surface area (Å²) in [6.07, 6.45) is 5.85. The number of likely N-dealkylation sites (tertiary alicyclic amines) is 1. The number of benzene rings is 2. The minimum atomic E-state index is -1.24. The maximum absolute atomic E-state index is 9.90. The van der Waals surface area contributed by atoms with Gasteiger partial charge in [0.05, 0.1) is 0 Å². The van der Waals surface area contributed by atoms with Crippen LogP contribution >= 0.6 is 0 Å². The molecule has 8 heteroatoms. The Hall–Kier alpha value is -3.91. The number of aliphatic carboxylic acids is 2. The van der Waals surface area contributed by atoms with Gasteiger partial charge >= 0.3 is 11.9 Å². The lowest BCUT2D eigenvalue weighted by Crippen LogP contribution is -2.33. The van der Waals surface area contributed by atoms with E-state index in [0.717, 1.165) is 43.2 Å². The average molecular weight is 506 g/mol. The summed E-state index contributed by atoms with van der Waals surface area (Å²) in [5, 5.41) is 20.4. The first-order valence-corrected chi connectivity index (χ1v) is 12.6. The number of carboxylic acid groups (broad SMARTS) is 2. The van der Waals surface area contributed by atoms with Gasteiger partial charge in [-0.05, 0) is 51.4 Å². The van der Waals surface area contributed by atoms with E-state index >= 15 is 0 Å². The van der Waals surface area contributed by atoms with Crippen LogP contribution in [0.2, 0.25) is 0 Å². The number of carboxylic acids is 2. The van der Waals surface area contributed by atoms with Crippen LogP contribution in [0.25, 0.3) is 11.3 Å². The van der Waals surface area contributed by atoms with Crippen LogP contribution in [0, 0.1) is 0 Å². The zero-order valence-electron chi connectivity index (χ0n) is 21.3. The van der Waals surface area contributed by atoms with Crippen molar-refractivity contribution in [3.05, 3.63) is 83.9 Å². The molecule has 0 spiro atoms. The molecule has 0 bridgehead atoms. The molecule has 0 amide bonds. The van der Waals surface area contributed by atoms with E-state index in [1.807, 2.05) is 18.2 Å². The van der Waals surface area contributed by atoms with Crippen molar-refractivity contribution in [1.82, 2.24) is 10.1 Å². The summed E-state index contributed by atoms with van der Waals surface area (Å²) in [6, 6.07) is 22.9. The Balaban J connectivity index is 0.000000364. The minimum absolute atomic E-state index is 0.178. The molecule has 1 aliphatic rings. The molecule has 4 rings (SSSR count). The van der Waals surface area contributed by atoms with Crippen molar-refractivity contribution in [2.24, 2.45) is 0 Å². The quantitative estimate of drug-likeness (QED) is 0.356. The summed E-state index contributed by atoms with van der Waals surface area (Å²) in [6.45, 7) is 6.68. The highest BCUT2D eigenvalue weighted by molar-refractivity contribution is 5.94. The molecule has 0 saturated carbocycles. The Kier molecular flexibility index (Phi) is 10.9. The van der Waals surface area contributed by atoms with Crippen LogP contribution in [0.4, 0.5) is 5.88 Å². The Morgan fingerprint density at radius 1 is 1.00 bits per heavy atom. The number of aromatic nitrogens is 1. The first-order chi connectivity index (χ1) is 17.9. The smallest absolute Gasteiger partial charge is 0.331 e. The van der Waals surface area contributed by atoms with Gasteiger partial charge in [0.15, 0.2) is 0 Å². The number of nitrogens with zero attached hydrogens (tertiary/aromatic N) is 3. The lowest BCUT2D eigenvalue weighted by Gasteiger charge is -2.28. The lowest BCUT2D eigenvalue weighted by molar-refractivity contribution is -0.135. The maximum atomic E-state index is 9.90. The lowest BCUT2D eigenvalue weighted by atomic mass is 10.1. The number of hydrogen-bond acceptors (Lipinski definition) is 6. The fraction of sp³-hybridized carbons (Fsp3) is 0.345. The first kappa shape index (κ1) is 27.7. The van der Waals surface area contributed by atoms with Crippen molar-refractivity contribution in [2.45, 2.75) is 39.2 Å². The van der Waals surface area contributed by atoms with E-state index < -0.39 is 11.9 Å². The molecular formula is C29H35N3O5. The molecule has 8 nitrogen and oxygen atoms in total. The number of rotatable bonds is 10. The summed E-state index contributed by atoms with van der Waals surface area (Å²) in [7, 11) is 0. The van der Waals surface area contributed by atoms with Crippen molar-refractivity contribution in [3.8, 4) is 11.3 Å². The van der Waals surface area contributed by atoms with Crippen LogP contribution in [0.5, 0.6) is 0 Å². The highest BCUT2D eigenvalue weighted by atomic mass is 16.5. The Morgan fingerprint density at radius 3 is 2.24 bits per heavy atom. The third-order valence-electron chi connectivity index (χ3n) is 6.12. The molecule has 3 aromatic rings. The fourth-order valence-corrected chi connectivity index (χ4v) is 4.15. The zero-order valence-corrected chi connectivity index (χ0v) is 21.3. The number of carbonyl (C=O) groups is 2. The molecule has 0 atom stereocenters. The molecule has 0 aliphatic carbocycles. The number of anilines is 1. The number of hydrogen-bond donors (Lipinski definition) is 2. The van der Waals surface area contributed by atoms with Crippen molar-refractivity contribution in [2.75, 3.05) is 31.1 Å². The molecule has 0 unspecified atom stereocenters. The highest BCUT2D eigenvalue weighted by Gasteiger charge is 2.16. The van der Waals surface area contributed by atoms with Gasteiger partial charge in [0.2, 0.25) is 5.88 Å². The maximum Gasteiger partial charge on any atom is 0.331 e. The molecule has 1 aromatic heterocycles. The van der Waals surface area contributed by atoms with Crippen LogP contribution in [-0.2, 0) is 16.1 Å². The molecule has 2 N–H and O–H groups in total. The van der Waals surface area contributed by atoms with E-state index in [2.05, 4.69) is 63.5 Å². The van der Waals surface area contributed by atoms with Gasteiger partial charge in [-0.2, -0.15) is 0 Å². The van der Waals surface area contributed by atoms with E-state index in [9.17, 15) is 9.59 Å². The molecule has 37 heavy (non-hydrogen) atoms. The summed E-state index contributed by atoms with van der Waals surface area (Å²) in [5.74, 6) is -1.60. The molecule has 1 aliphatic heterocycles. The Bertz CT molecular complexity index is 1140. The van der Waals surface area contributed by atoms with Crippen LogP contribution < -0.4 is 4.90 Å². The van der Waals surface area contributed by atoms with Crippen LogP contribution in [0.15, 0.2) is 82.9 Å². The second-order valence-corrected chi connectivity index (χ2v) is 9.05. The molecule has 196 valence electrons. The normalized spacial score (nSPS) is 13.9. The molecule has 2 heterocycles. The largest absolute Gasteiger partial charge is 0.478 e. The summed E-state index contributed by atoms with van der Waals surface area (Å²) in [4.78, 5) is 24.6. The van der Waals surface area contributed by atoms with Crippen LogP contribution in [-0.4, -0.2) is 58.4 Å². The second kappa shape index (κ2) is 14.6. The Morgan fingerprint density at radius 2 is 1.65 bits per heavy atom. The highest BCUT2D eigenvalue weighted by Crippen LogP contribution is 2.25. The first-order valence-electron chi connectivity index (χ1n) is 12.6. The monoisotopic (exact) mass is 505 g/mol. The summed E-state index contributed by atoms with van der Waals surface area (Å²) >= 11 is 0. The van der Waals surface area contributed by atoms with Gasteiger partial charge in [0, 0.05) is 36.4 Å². The predicted molar refractivity (Wildman–Crippen MR) is 143 cm³/mol. The third kappa shape index (κ3) is 9.57. The second-order valence-electron chi connectivity index (χ2n) is 9.05. The van der Waals surface area contributed by atoms with E-state index in [1.165, 1.54) is 44.8 Å². The van der Waals surface area contributed by atoms with Gasteiger partial charge < -0.3 is 24.5 Å². The average Bonchev–Trinajstić information content (AvgIpc) is 3.40. The van der Waals surface area contributed by atoms with Crippen molar-refractivity contribution >= 4 is 17.8 Å². The van der Waals surface area contributed by atoms with Gasteiger partial charge in [-0.15, -0.1) is 0 Å². The van der Waals surface area contributed by atoms with Gasteiger partial charge in [-0.1, -0.05) is 72.2 Å². The van der Waals surface area contributed by atoms with Crippen molar-refractivity contribution < 1.29 is 24.3 Å². The predicted octanol–water partition coefficient (Wildman–Crippen LogP) is 5.33. The zero-order chi connectivity index (χ0) is 26.5. The molecule has 1 fully saturated rings. The van der Waals surface area contributed by atoms with E-state index in [4.69, 9.17) is 14.7 Å². The molecule has 0 radical (unpaired) electrons.